The lowest BCUT2D eigenvalue weighted by molar-refractivity contribution is -0.304. The molecule has 0 heterocycles. The van der Waals surface area contributed by atoms with E-state index >= 15 is 0 Å². The summed E-state index contributed by atoms with van der Waals surface area (Å²) in [5.74, 6) is -2.39. The van der Waals surface area contributed by atoms with Gasteiger partial charge in [-0.3, -0.25) is 0 Å². The highest BCUT2D eigenvalue weighted by molar-refractivity contribution is 5.30. The van der Waals surface area contributed by atoms with Gasteiger partial charge >= 0.3 is 6.36 Å². The first-order chi connectivity index (χ1) is 6.69. The fourth-order valence-electron chi connectivity index (χ4n) is 0.712. The second-order valence-electron chi connectivity index (χ2n) is 3.11. The molecule has 0 spiro atoms. The Hall–Kier alpha value is -1.26. The van der Waals surface area contributed by atoms with Crippen LogP contribution in [0.5, 0.6) is 0 Å². The van der Waals surface area contributed by atoms with Gasteiger partial charge in [0.1, 0.15) is 0 Å². The SMILES string of the molecule is C=C/C(OC(F)(F)F)=C(/F)C(=C)C(C)C. The first-order valence-corrected chi connectivity index (χ1v) is 4.16. The minimum absolute atomic E-state index is 0.0610. The van der Waals surface area contributed by atoms with E-state index in [0.29, 0.717) is 6.08 Å². The minimum Gasteiger partial charge on any atom is -0.403 e. The molecular formula is C10H12F4O. The highest BCUT2D eigenvalue weighted by atomic mass is 19.4. The molecule has 0 saturated heterocycles. The van der Waals surface area contributed by atoms with Crippen molar-refractivity contribution >= 4 is 0 Å². The quantitative estimate of drug-likeness (QED) is 0.397. The van der Waals surface area contributed by atoms with Gasteiger partial charge in [0, 0.05) is 0 Å². The lowest BCUT2D eigenvalue weighted by Gasteiger charge is -2.13. The summed E-state index contributed by atoms with van der Waals surface area (Å²) in [5, 5.41) is 0. The molecule has 0 aromatic rings. The van der Waals surface area contributed by atoms with Gasteiger partial charge in [-0.25, -0.2) is 4.39 Å². The summed E-state index contributed by atoms with van der Waals surface area (Å²) in [7, 11) is 0. The molecule has 0 rings (SSSR count). The maximum absolute atomic E-state index is 13.3. The van der Waals surface area contributed by atoms with Gasteiger partial charge in [-0.2, -0.15) is 0 Å². The Morgan fingerprint density at radius 3 is 2.07 bits per heavy atom. The van der Waals surface area contributed by atoms with Gasteiger partial charge in [-0.15, -0.1) is 13.2 Å². The van der Waals surface area contributed by atoms with Gasteiger partial charge in [-0.05, 0) is 17.6 Å². The Balaban J connectivity index is 4.99. The van der Waals surface area contributed by atoms with Crippen molar-refractivity contribution in [3.8, 4) is 0 Å². The van der Waals surface area contributed by atoms with Crippen molar-refractivity contribution in [2.24, 2.45) is 5.92 Å². The van der Waals surface area contributed by atoms with E-state index in [1.54, 1.807) is 13.8 Å². The number of hydrogen-bond acceptors (Lipinski definition) is 1. The van der Waals surface area contributed by atoms with E-state index in [2.05, 4.69) is 17.9 Å². The number of alkyl halides is 3. The smallest absolute Gasteiger partial charge is 0.403 e. The van der Waals surface area contributed by atoms with Crippen LogP contribution in [0.4, 0.5) is 17.6 Å². The van der Waals surface area contributed by atoms with Gasteiger partial charge in [-0.1, -0.05) is 27.0 Å². The summed E-state index contributed by atoms with van der Waals surface area (Å²) in [6, 6.07) is 0. The van der Waals surface area contributed by atoms with Crippen molar-refractivity contribution in [1.82, 2.24) is 0 Å². The van der Waals surface area contributed by atoms with Gasteiger partial charge in [0.2, 0.25) is 0 Å². The third-order valence-electron chi connectivity index (χ3n) is 1.61. The van der Waals surface area contributed by atoms with Crippen LogP contribution < -0.4 is 0 Å². The second-order valence-corrected chi connectivity index (χ2v) is 3.11. The van der Waals surface area contributed by atoms with E-state index < -0.39 is 17.9 Å². The van der Waals surface area contributed by atoms with E-state index in [4.69, 9.17) is 0 Å². The first kappa shape index (κ1) is 13.7. The normalized spacial score (nSPS) is 13.5. The van der Waals surface area contributed by atoms with Gasteiger partial charge < -0.3 is 4.74 Å². The fraction of sp³-hybridized carbons (Fsp3) is 0.400. The standard InChI is InChI=1S/C10H12F4O/c1-5-8(15-10(12,13)14)9(11)7(4)6(2)3/h5-6H,1,4H2,2-3H3/b9-8-. The molecule has 15 heavy (non-hydrogen) atoms. The Morgan fingerprint density at radius 1 is 1.33 bits per heavy atom. The molecule has 0 N–H and O–H groups in total. The molecule has 0 saturated carbocycles. The molecule has 0 aliphatic heterocycles. The monoisotopic (exact) mass is 224 g/mol. The van der Waals surface area contributed by atoms with Gasteiger partial charge in [0.15, 0.2) is 11.6 Å². The van der Waals surface area contributed by atoms with Crippen molar-refractivity contribution in [2.75, 3.05) is 0 Å². The molecular weight excluding hydrogens is 212 g/mol. The van der Waals surface area contributed by atoms with Crippen LogP contribution in [0, 0.1) is 5.92 Å². The predicted octanol–water partition coefficient (Wildman–Crippen LogP) is 4.10. The van der Waals surface area contributed by atoms with Gasteiger partial charge in [0.05, 0.1) is 0 Å². The second kappa shape index (κ2) is 5.00. The van der Waals surface area contributed by atoms with Crippen LogP contribution in [0.2, 0.25) is 0 Å². The molecule has 0 amide bonds. The number of ether oxygens (including phenoxy) is 1. The Kier molecular flexibility index (Phi) is 4.58. The zero-order chi connectivity index (χ0) is 12.2. The number of allylic oxidation sites excluding steroid dienone is 3. The van der Waals surface area contributed by atoms with Crippen LogP contribution in [0.15, 0.2) is 36.4 Å². The highest BCUT2D eigenvalue weighted by Crippen LogP contribution is 2.28. The summed E-state index contributed by atoms with van der Waals surface area (Å²) in [6.45, 7) is 9.58. The number of rotatable bonds is 4. The van der Waals surface area contributed by atoms with Crippen LogP contribution in [-0.2, 0) is 4.74 Å². The minimum atomic E-state index is -4.93. The molecule has 0 fully saturated rings. The Bertz CT molecular complexity index is 286. The molecule has 86 valence electrons. The molecule has 0 aromatic heterocycles. The molecule has 0 aliphatic rings. The third kappa shape index (κ3) is 4.67. The highest BCUT2D eigenvalue weighted by Gasteiger charge is 2.33. The first-order valence-electron chi connectivity index (χ1n) is 4.16. The van der Waals surface area contributed by atoms with E-state index in [-0.39, 0.29) is 11.5 Å². The number of hydrogen-bond donors (Lipinski definition) is 0. The number of halogens is 4. The molecule has 5 heteroatoms. The average molecular weight is 224 g/mol. The van der Waals surface area contributed by atoms with E-state index in [1.807, 2.05) is 0 Å². The molecule has 0 radical (unpaired) electrons. The van der Waals surface area contributed by atoms with Crippen molar-refractivity contribution in [2.45, 2.75) is 20.2 Å². The predicted molar refractivity (Wildman–Crippen MR) is 49.4 cm³/mol. The lowest BCUT2D eigenvalue weighted by atomic mass is 10.0. The zero-order valence-corrected chi connectivity index (χ0v) is 8.49. The van der Waals surface area contributed by atoms with Crippen LogP contribution in [0.3, 0.4) is 0 Å². The summed E-state index contributed by atoms with van der Waals surface area (Å²) >= 11 is 0. The van der Waals surface area contributed by atoms with Crippen molar-refractivity contribution in [1.29, 1.82) is 0 Å². The van der Waals surface area contributed by atoms with E-state index in [9.17, 15) is 17.6 Å². The molecule has 1 nitrogen and oxygen atoms in total. The van der Waals surface area contributed by atoms with Gasteiger partial charge in [0.25, 0.3) is 0 Å². The summed E-state index contributed by atoms with van der Waals surface area (Å²) in [5.41, 5.74) is -0.0610. The molecule has 0 atom stereocenters. The van der Waals surface area contributed by atoms with Crippen LogP contribution in [0.1, 0.15) is 13.8 Å². The third-order valence-corrected chi connectivity index (χ3v) is 1.61. The fourth-order valence-corrected chi connectivity index (χ4v) is 0.712. The van der Waals surface area contributed by atoms with Crippen molar-refractivity contribution < 1.29 is 22.3 Å². The lowest BCUT2D eigenvalue weighted by Crippen LogP contribution is -2.13. The Labute approximate surface area is 85.7 Å². The molecule has 0 aliphatic carbocycles. The van der Waals surface area contributed by atoms with Crippen LogP contribution in [-0.4, -0.2) is 6.36 Å². The average Bonchev–Trinajstić information content (AvgIpc) is 2.10. The maximum atomic E-state index is 13.3. The topological polar surface area (TPSA) is 9.23 Å². The maximum Gasteiger partial charge on any atom is 0.573 e. The van der Waals surface area contributed by atoms with E-state index in [1.165, 1.54) is 0 Å². The van der Waals surface area contributed by atoms with Crippen molar-refractivity contribution in [3.63, 3.8) is 0 Å². The largest absolute Gasteiger partial charge is 0.573 e. The summed E-state index contributed by atoms with van der Waals surface area (Å²) in [6.07, 6.45) is -4.27. The molecule has 0 bridgehead atoms. The molecule has 0 aromatic carbocycles. The molecule has 0 unspecified atom stereocenters. The van der Waals surface area contributed by atoms with Crippen LogP contribution >= 0.6 is 0 Å². The van der Waals surface area contributed by atoms with E-state index in [0.717, 1.165) is 0 Å². The Morgan fingerprint density at radius 2 is 1.80 bits per heavy atom. The van der Waals surface area contributed by atoms with Crippen LogP contribution in [0.25, 0.3) is 0 Å². The summed E-state index contributed by atoms with van der Waals surface area (Å²) in [4.78, 5) is 0. The van der Waals surface area contributed by atoms with Crippen molar-refractivity contribution in [3.05, 3.63) is 36.4 Å². The zero-order valence-electron chi connectivity index (χ0n) is 8.49. The summed E-state index contributed by atoms with van der Waals surface area (Å²) < 4.78 is 52.2.